The highest BCUT2D eigenvalue weighted by Crippen LogP contribution is 2.41. The predicted molar refractivity (Wildman–Crippen MR) is 123 cm³/mol. The maximum absolute atomic E-state index is 13.0. The van der Waals surface area contributed by atoms with E-state index in [2.05, 4.69) is 4.74 Å². The van der Waals surface area contributed by atoms with E-state index in [0.29, 0.717) is 42.0 Å². The minimum Gasteiger partial charge on any atom is -0.493 e. The average molecular weight is 484 g/mol. The summed E-state index contributed by atoms with van der Waals surface area (Å²) in [7, 11) is 2.74. The van der Waals surface area contributed by atoms with Gasteiger partial charge in [-0.2, -0.15) is 0 Å². The third kappa shape index (κ3) is 4.73. The van der Waals surface area contributed by atoms with E-state index in [9.17, 15) is 9.59 Å². The summed E-state index contributed by atoms with van der Waals surface area (Å²) in [5.74, 6) is -0.171. The van der Waals surface area contributed by atoms with Crippen molar-refractivity contribution in [2.45, 2.75) is 0 Å². The monoisotopic (exact) mass is 483 g/mol. The SMILES string of the molecule is COC(=O)COc1c(/C=C2\SC(=S)N(c3ccc(Cl)cc3Cl)C2=O)cccc1OC. The summed E-state index contributed by atoms with van der Waals surface area (Å²) in [4.78, 5) is 26.2. The fraction of sp³-hybridized carbons (Fsp3) is 0.150. The molecule has 156 valence electrons. The van der Waals surface area contributed by atoms with Gasteiger partial charge in [0.2, 0.25) is 0 Å². The number of carbonyl (C=O) groups excluding carboxylic acids is 2. The molecule has 6 nitrogen and oxygen atoms in total. The first kappa shape index (κ1) is 22.4. The quantitative estimate of drug-likeness (QED) is 0.326. The van der Waals surface area contributed by atoms with Crippen molar-refractivity contribution < 1.29 is 23.8 Å². The molecule has 1 aliphatic rings. The minimum absolute atomic E-state index is 0.306. The van der Waals surface area contributed by atoms with Crippen molar-refractivity contribution in [2.75, 3.05) is 25.7 Å². The van der Waals surface area contributed by atoms with Crippen LogP contribution in [0.2, 0.25) is 10.0 Å². The molecule has 0 N–H and O–H groups in total. The predicted octanol–water partition coefficient (Wildman–Crippen LogP) is 4.96. The van der Waals surface area contributed by atoms with Gasteiger partial charge in [-0.15, -0.1) is 0 Å². The number of thiocarbonyl (C=S) groups is 1. The van der Waals surface area contributed by atoms with Crippen molar-refractivity contribution in [3.05, 3.63) is 56.9 Å². The maximum atomic E-state index is 13.0. The van der Waals surface area contributed by atoms with Crippen molar-refractivity contribution in [3.8, 4) is 11.5 Å². The number of nitrogens with zero attached hydrogens (tertiary/aromatic N) is 1. The number of para-hydroxylation sites is 1. The van der Waals surface area contributed by atoms with Crippen molar-refractivity contribution in [1.29, 1.82) is 0 Å². The van der Waals surface area contributed by atoms with Crippen LogP contribution in [0.15, 0.2) is 41.3 Å². The normalized spacial score (nSPS) is 14.9. The Hall–Kier alpha value is -2.26. The second kappa shape index (κ2) is 9.70. The van der Waals surface area contributed by atoms with E-state index >= 15 is 0 Å². The second-order valence-electron chi connectivity index (χ2n) is 5.86. The third-order valence-electron chi connectivity index (χ3n) is 4.02. The molecule has 2 aromatic rings. The number of hydrogen-bond donors (Lipinski definition) is 0. The summed E-state index contributed by atoms with van der Waals surface area (Å²) in [6.07, 6.45) is 1.62. The van der Waals surface area contributed by atoms with E-state index in [1.165, 1.54) is 19.1 Å². The van der Waals surface area contributed by atoms with Gasteiger partial charge in [0, 0.05) is 10.6 Å². The molecule has 1 heterocycles. The molecular formula is C20H15Cl2NO5S2. The minimum atomic E-state index is -0.546. The van der Waals surface area contributed by atoms with Gasteiger partial charge in [-0.3, -0.25) is 9.69 Å². The first-order valence-corrected chi connectivity index (χ1v) is 10.4. The zero-order valence-corrected chi connectivity index (χ0v) is 19.0. The summed E-state index contributed by atoms with van der Waals surface area (Å²) < 4.78 is 15.8. The van der Waals surface area contributed by atoms with Gasteiger partial charge in [-0.25, -0.2) is 4.79 Å². The van der Waals surface area contributed by atoms with Crippen LogP contribution in [-0.2, 0) is 14.3 Å². The molecule has 0 radical (unpaired) electrons. The lowest BCUT2D eigenvalue weighted by Gasteiger charge is -2.16. The van der Waals surface area contributed by atoms with Gasteiger partial charge in [-0.05, 0) is 30.3 Å². The molecular weight excluding hydrogens is 469 g/mol. The maximum Gasteiger partial charge on any atom is 0.343 e. The molecule has 1 aliphatic heterocycles. The number of esters is 1. The highest BCUT2D eigenvalue weighted by molar-refractivity contribution is 8.27. The van der Waals surface area contributed by atoms with Crippen LogP contribution in [0, 0.1) is 0 Å². The lowest BCUT2D eigenvalue weighted by atomic mass is 10.1. The fourth-order valence-corrected chi connectivity index (χ4v) is 4.40. The van der Waals surface area contributed by atoms with Crippen LogP contribution in [0.1, 0.15) is 5.56 Å². The van der Waals surface area contributed by atoms with Crippen LogP contribution in [0.4, 0.5) is 5.69 Å². The molecule has 1 fully saturated rings. The van der Waals surface area contributed by atoms with Crippen molar-refractivity contribution in [2.24, 2.45) is 0 Å². The largest absolute Gasteiger partial charge is 0.493 e. The molecule has 1 saturated heterocycles. The number of carbonyl (C=O) groups is 2. The number of rotatable bonds is 6. The van der Waals surface area contributed by atoms with Crippen LogP contribution in [0.5, 0.6) is 11.5 Å². The number of ether oxygens (including phenoxy) is 3. The molecule has 10 heteroatoms. The highest BCUT2D eigenvalue weighted by atomic mass is 35.5. The molecule has 0 spiro atoms. The Kier molecular flexibility index (Phi) is 7.25. The van der Waals surface area contributed by atoms with Crippen LogP contribution < -0.4 is 14.4 Å². The van der Waals surface area contributed by atoms with Crippen LogP contribution in [0.3, 0.4) is 0 Å². The van der Waals surface area contributed by atoms with E-state index in [0.717, 1.165) is 11.8 Å². The Balaban J connectivity index is 1.96. The van der Waals surface area contributed by atoms with E-state index in [-0.39, 0.29) is 12.5 Å². The van der Waals surface area contributed by atoms with Crippen molar-refractivity contribution in [1.82, 2.24) is 0 Å². The molecule has 1 amide bonds. The lowest BCUT2D eigenvalue weighted by Crippen LogP contribution is -2.27. The Morgan fingerprint density at radius 2 is 2.00 bits per heavy atom. The summed E-state index contributed by atoms with van der Waals surface area (Å²) in [5, 5.41) is 0.761. The Morgan fingerprint density at radius 1 is 1.23 bits per heavy atom. The standard InChI is InChI=1S/C20H15Cl2NO5S2/c1-26-15-5-3-4-11(18(15)28-10-17(24)27-2)8-16-19(25)23(20(29)30-16)14-7-6-12(21)9-13(14)22/h3-9H,10H2,1-2H3/b16-8-. The molecule has 0 atom stereocenters. The van der Waals surface area contributed by atoms with Gasteiger partial charge in [-0.1, -0.05) is 59.3 Å². The van der Waals surface area contributed by atoms with Gasteiger partial charge >= 0.3 is 5.97 Å². The van der Waals surface area contributed by atoms with Gasteiger partial charge in [0.1, 0.15) is 0 Å². The Bertz CT molecular complexity index is 1060. The molecule has 3 rings (SSSR count). The molecule has 0 bridgehead atoms. The first-order chi connectivity index (χ1) is 14.3. The van der Waals surface area contributed by atoms with Crippen molar-refractivity contribution in [3.63, 3.8) is 0 Å². The zero-order chi connectivity index (χ0) is 21.8. The first-order valence-electron chi connectivity index (χ1n) is 8.45. The fourth-order valence-electron chi connectivity index (χ4n) is 2.63. The smallest absolute Gasteiger partial charge is 0.343 e. The molecule has 0 aliphatic carbocycles. The number of anilines is 1. The van der Waals surface area contributed by atoms with Crippen LogP contribution >= 0.6 is 47.2 Å². The van der Waals surface area contributed by atoms with Gasteiger partial charge in [0.15, 0.2) is 22.4 Å². The number of hydrogen-bond acceptors (Lipinski definition) is 7. The molecule has 30 heavy (non-hydrogen) atoms. The van der Waals surface area contributed by atoms with E-state index in [1.54, 1.807) is 42.5 Å². The topological polar surface area (TPSA) is 65.1 Å². The second-order valence-corrected chi connectivity index (χ2v) is 8.38. The third-order valence-corrected chi connectivity index (χ3v) is 5.86. The summed E-state index contributed by atoms with van der Waals surface area (Å²) >= 11 is 18.7. The zero-order valence-electron chi connectivity index (χ0n) is 15.8. The van der Waals surface area contributed by atoms with Crippen molar-refractivity contribution >= 4 is 75.1 Å². The number of benzene rings is 2. The summed E-state index contributed by atoms with van der Waals surface area (Å²) in [6.45, 7) is -0.306. The molecule has 2 aromatic carbocycles. The number of amides is 1. The van der Waals surface area contributed by atoms with Crippen LogP contribution in [-0.4, -0.2) is 37.0 Å². The highest BCUT2D eigenvalue weighted by Gasteiger charge is 2.34. The molecule has 0 aromatic heterocycles. The van der Waals surface area contributed by atoms with E-state index < -0.39 is 5.97 Å². The van der Waals surface area contributed by atoms with Gasteiger partial charge in [0.05, 0.1) is 29.8 Å². The van der Waals surface area contributed by atoms with Gasteiger partial charge in [0.25, 0.3) is 5.91 Å². The summed E-state index contributed by atoms with van der Waals surface area (Å²) in [6, 6.07) is 9.97. The number of halogens is 2. The van der Waals surface area contributed by atoms with Gasteiger partial charge < -0.3 is 14.2 Å². The number of methoxy groups -OCH3 is 2. The van der Waals surface area contributed by atoms with Crippen LogP contribution in [0.25, 0.3) is 6.08 Å². The summed E-state index contributed by atoms with van der Waals surface area (Å²) in [5.41, 5.74) is 0.987. The van der Waals surface area contributed by atoms with E-state index in [4.69, 9.17) is 44.9 Å². The number of thioether (sulfide) groups is 1. The average Bonchev–Trinajstić information content (AvgIpc) is 2.99. The lowest BCUT2D eigenvalue weighted by molar-refractivity contribution is -0.142. The van der Waals surface area contributed by atoms with E-state index in [1.807, 2.05) is 0 Å². The Labute approximate surface area is 192 Å². The molecule has 0 unspecified atom stereocenters. The Morgan fingerprint density at radius 3 is 2.67 bits per heavy atom. The molecule has 0 saturated carbocycles.